The summed E-state index contributed by atoms with van der Waals surface area (Å²) in [5, 5.41) is 15.3. The normalized spacial score (nSPS) is 17.0. The number of hydrogen-bond donors (Lipinski definition) is 3. The summed E-state index contributed by atoms with van der Waals surface area (Å²) in [5.41, 5.74) is -0.729. The van der Waals surface area contributed by atoms with Crippen LogP contribution in [-0.4, -0.2) is 43.0 Å². The highest BCUT2D eigenvalue weighted by molar-refractivity contribution is 5.73. The van der Waals surface area contributed by atoms with Gasteiger partial charge in [-0.3, -0.25) is 0 Å². The molecule has 1 aliphatic rings. The summed E-state index contributed by atoms with van der Waals surface area (Å²) in [4.78, 5) is 11.6. The van der Waals surface area contributed by atoms with Crippen LogP contribution < -0.4 is 10.6 Å². The van der Waals surface area contributed by atoms with E-state index in [-0.39, 0.29) is 25.1 Å². The summed E-state index contributed by atoms with van der Waals surface area (Å²) < 4.78 is 31.5. The second-order valence-electron chi connectivity index (χ2n) is 5.43. The summed E-state index contributed by atoms with van der Waals surface area (Å²) in [6, 6.07) is 2.77. The zero-order valence-corrected chi connectivity index (χ0v) is 12.2. The lowest BCUT2D eigenvalue weighted by Crippen LogP contribution is -2.49. The fourth-order valence-electron chi connectivity index (χ4n) is 2.28. The minimum Gasteiger partial charge on any atom is -0.388 e. The highest BCUT2D eigenvalue weighted by Gasteiger charge is 2.29. The molecule has 1 aromatic rings. The van der Waals surface area contributed by atoms with Crippen molar-refractivity contribution in [3.63, 3.8) is 0 Å². The van der Waals surface area contributed by atoms with Gasteiger partial charge in [0.2, 0.25) is 0 Å². The summed E-state index contributed by atoms with van der Waals surface area (Å²) in [6.07, 6.45) is 1.14. The maximum absolute atomic E-state index is 13.4. The number of halogens is 2. The molecule has 1 aliphatic heterocycles. The van der Waals surface area contributed by atoms with Crippen molar-refractivity contribution in [2.24, 2.45) is 0 Å². The summed E-state index contributed by atoms with van der Waals surface area (Å²) in [6.45, 7) is 1.25. The van der Waals surface area contributed by atoms with Gasteiger partial charge in [0.15, 0.2) is 0 Å². The smallest absolute Gasteiger partial charge is 0.314 e. The highest BCUT2D eigenvalue weighted by atomic mass is 19.1. The third kappa shape index (κ3) is 4.92. The minimum absolute atomic E-state index is 0.135. The van der Waals surface area contributed by atoms with Gasteiger partial charge in [-0.05, 0) is 30.2 Å². The molecule has 0 atom stereocenters. The molecule has 22 heavy (non-hydrogen) atoms. The molecular weight excluding hydrogens is 294 g/mol. The van der Waals surface area contributed by atoms with Crippen molar-refractivity contribution >= 4 is 6.03 Å². The Morgan fingerprint density at radius 3 is 2.73 bits per heavy atom. The standard InChI is InChI=1S/C15H20F2N2O3/c16-12-1-2-13(17)11(9-12)3-6-18-14(20)19-10-15(21)4-7-22-8-5-15/h1-2,9,21H,3-8,10H2,(H2,18,19,20). The fraction of sp³-hybridized carbons (Fsp3) is 0.533. The molecule has 0 saturated carbocycles. The van der Waals surface area contributed by atoms with Crippen LogP contribution in [0, 0.1) is 11.6 Å². The number of hydrogen-bond acceptors (Lipinski definition) is 3. The predicted molar refractivity (Wildman–Crippen MR) is 76.5 cm³/mol. The molecule has 1 aromatic carbocycles. The molecule has 0 aromatic heterocycles. The van der Waals surface area contributed by atoms with Crippen molar-refractivity contribution < 1.29 is 23.4 Å². The Morgan fingerprint density at radius 1 is 1.27 bits per heavy atom. The Hall–Kier alpha value is -1.73. The molecule has 0 spiro atoms. The van der Waals surface area contributed by atoms with Crippen LogP contribution in [0.4, 0.5) is 13.6 Å². The SMILES string of the molecule is O=C(NCCc1cc(F)ccc1F)NCC1(O)CCOCC1. The highest BCUT2D eigenvalue weighted by Crippen LogP contribution is 2.19. The first kappa shape index (κ1) is 16.6. The molecule has 5 nitrogen and oxygen atoms in total. The Labute approximate surface area is 127 Å². The zero-order valence-electron chi connectivity index (χ0n) is 12.2. The van der Waals surface area contributed by atoms with E-state index in [1.807, 2.05) is 0 Å². The molecule has 122 valence electrons. The lowest BCUT2D eigenvalue weighted by Gasteiger charge is -2.32. The van der Waals surface area contributed by atoms with Gasteiger partial charge in [-0.15, -0.1) is 0 Å². The largest absolute Gasteiger partial charge is 0.388 e. The molecule has 1 fully saturated rings. The number of benzene rings is 1. The maximum Gasteiger partial charge on any atom is 0.314 e. The van der Waals surface area contributed by atoms with E-state index in [9.17, 15) is 18.7 Å². The van der Waals surface area contributed by atoms with Crippen LogP contribution in [0.1, 0.15) is 18.4 Å². The number of nitrogens with one attached hydrogen (secondary N) is 2. The third-order valence-corrected chi connectivity index (χ3v) is 3.69. The van der Waals surface area contributed by atoms with Gasteiger partial charge in [-0.2, -0.15) is 0 Å². The average molecular weight is 314 g/mol. The van der Waals surface area contributed by atoms with Crippen molar-refractivity contribution in [1.29, 1.82) is 0 Å². The Morgan fingerprint density at radius 2 is 2.00 bits per heavy atom. The van der Waals surface area contributed by atoms with E-state index in [4.69, 9.17) is 4.74 Å². The molecule has 2 rings (SSSR count). The topological polar surface area (TPSA) is 70.6 Å². The van der Waals surface area contributed by atoms with Gasteiger partial charge in [0, 0.05) is 39.1 Å². The van der Waals surface area contributed by atoms with E-state index in [1.54, 1.807) is 0 Å². The first-order valence-electron chi connectivity index (χ1n) is 7.24. The Kier molecular flexibility index (Phi) is 5.68. The quantitative estimate of drug-likeness (QED) is 0.768. The summed E-state index contributed by atoms with van der Waals surface area (Å²) in [7, 11) is 0. The van der Waals surface area contributed by atoms with Crippen LogP contribution in [0.25, 0.3) is 0 Å². The van der Waals surface area contributed by atoms with Crippen LogP contribution in [0.2, 0.25) is 0 Å². The van der Waals surface area contributed by atoms with Gasteiger partial charge in [-0.1, -0.05) is 0 Å². The Bertz CT molecular complexity index is 520. The second kappa shape index (κ2) is 7.51. The monoisotopic (exact) mass is 314 g/mol. The van der Waals surface area contributed by atoms with E-state index in [0.29, 0.717) is 26.1 Å². The van der Waals surface area contributed by atoms with Crippen molar-refractivity contribution in [1.82, 2.24) is 10.6 Å². The number of carbonyl (C=O) groups is 1. The summed E-state index contributed by atoms with van der Waals surface area (Å²) in [5.74, 6) is -1.01. The number of amides is 2. The summed E-state index contributed by atoms with van der Waals surface area (Å²) >= 11 is 0. The van der Waals surface area contributed by atoms with Crippen molar-refractivity contribution in [2.45, 2.75) is 24.9 Å². The van der Waals surface area contributed by atoms with E-state index in [0.717, 1.165) is 18.2 Å². The number of urea groups is 1. The minimum atomic E-state index is -0.940. The molecule has 7 heteroatoms. The molecule has 1 saturated heterocycles. The first-order valence-corrected chi connectivity index (χ1v) is 7.24. The predicted octanol–water partition coefficient (Wildman–Crippen LogP) is 1.35. The lowest BCUT2D eigenvalue weighted by molar-refractivity contribution is -0.0600. The van der Waals surface area contributed by atoms with Gasteiger partial charge < -0.3 is 20.5 Å². The van der Waals surface area contributed by atoms with E-state index in [1.165, 1.54) is 0 Å². The molecule has 0 unspecified atom stereocenters. The van der Waals surface area contributed by atoms with Crippen molar-refractivity contribution in [2.75, 3.05) is 26.3 Å². The number of rotatable bonds is 5. The van der Waals surface area contributed by atoms with E-state index < -0.39 is 23.3 Å². The van der Waals surface area contributed by atoms with Crippen LogP contribution >= 0.6 is 0 Å². The number of ether oxygens (including phenoxy) is 1. The van der Waals surface area contributed by atoms with Crippen LogP contribution in [-0.2, 0) is 11.2 Å². The Balaban J connectivity index is 1.70. The molecule has 1 heterocycles. The van der Waals surface area contributed by atoms with E-state index in [2.05, 4.69) is 10.6 Å². The first-order chi connectivity index (χ1) is 10.5. The molecular formula is C15H20F2N2O3. The molecule has 0 aliphatic carbocycles. The van der Waals surface area contributed by atoms with Crippen LogP contribution in [0.3, 0.4) is 0 Å². The van der Waals surface area contributed by atoms with Crippen molar-refractivity contribution in [3.05, 3.63) is 35.4 Å². The van der Waals surface area contributed by atoms with Gasteiger partial charge in [0.05, 0.1) is 5.60 Å². The van der Waals surface area contributed by atoms with Crippen molar-refractivity contribution in [3.8, 4) is 0 Å². The second-order valence-corrected chi connectivity index (χ2v) is 5.43. The third-order valence-electron chi connectivity index (χ3n) is 3.69. The fourth-order valence-corrected chi connectivity index (χ4v) is 2.28. The lowest BCUT2D eigenvalue weighted by atomic mass is 9.94. The van der Waals surface area contributed by atoms with E-state index >= 15 is 0 Å². The molecule has 3 N–H and O–H groups in total. The average Bonchev–Trinajstić information content (AvgIpc) is 2.50. The van der Waals surface area contributed by atoms with Gasteiger partial charge >= 0.3 is 6.03 Å². The molecule has 0 radical (unpaired) electrons. The number of aliphatic hydroxyl groups is 1. The zero-order chi connectivity index (χ0) is 16.0. The molecule has 0 bridgehead atoms. The maximum atomic E-state index is 13.4. The van der Waals surface area contributed by atoms with Gasteiger partial charge in [0.25, 0.3) is 0 Å². The molecule has 2 amide bonds. The van der Waals surface area contributed by atoms with Crippen LogP contribution in [0.15, 0.2) is 18.2 Å². The van der Waals surface area contributed by atoms with Gasteiger partial charge in [-0.25, -0.2) is 13.6 Å². The van der Waals surface area contributed by atoms with Crippen LogP contribution in [0.5, 0.6) is 0 Å². The van der Waals surface area contributed by atoms with Gasteiger partial charge in [0.1, 0.15) is 11.6 Å². The number of carbonyl (C=O) groups excluding carboxylic acids is 1.